The fourth-order valence-electron chi connectivity index (χ4n) is 4.50. The van der Waals surface area contributed by atoms with E-state index in [4.69, 9.17) is 15.5 Å². The number of rotatable bonds is 8. The normalized spacial score (nSPS) is 23.1. The van der Waals surface area contributed by atoms with Crippen LogP contribution in [0.4, 0.5) is 5.69 Å². The third-order valence-electron chi connectivity index (χ3n) is 6.73. The Bertz CT molecular complexity index is 1330. The third kappa shape index (κ3) is 4.58. The lowest BCUT2D eigenvalue weighted by Crippen LogP contribution is -2.59. The van der Waals surface area contributed by atoms with Crippen molar-refractivity contribution in [3.63, 3.8) is 0 Å². The van der Waals surface area contributed by atoms with Crippen LogP contribution < -0.4 is 15.8 Å². The Morgan fingerprint density at radius 3 is 2.75 bits per heavy atom. The number of pyridine rings is 1. The number of guanidine groups is 1. The predicted molar refractivity (Wildman–Crippen MR) is 139 cm³/mol. The van der Waals surface area contributed by atoms with Crippen molar-refractivity contribution in [1.82, 2.24) is 13.6 Å². The molecule has 4 rings (SSSR count). The molecule has 0 fully saturated rings. The fourth-order valence-corrected chi connectivity index (χ4v) is 6.84. The van der Waals surface area contributed by atoms with Crippen molar-refractivity contribution in [3.05, 3.63) is 53.3 Å². The monoisotopic (exact) mass is 534 g/mol. The Balaban J connectivity index is 1.62. The zero-order valence-electron chi connectivity index (χ0n) is 20.6. The number of benzene rings is 1. The highest BCUT2D eigenvalue weighted by Gasteiger charge is 2.55. The first-order chi connectivity index (χ1) is 17.0. The van der Waals surface area contributed by atoms with Gasteiger partial charge >= 0.3 is 0 Å². The number of nitrogens with one attached hydrogen (secondary N) is 1. The van der Waals surface area contributed by atoms with Gasteiger partial charge in [-0.05, 0) is 48.7 Å². The van der Waals surface area contributed by atoms with Crippen molar-refractivity contribution in [2.75, 3.05) is 38.8 Å². The number of carbonyl (C=O) groups is 1. The second-order valence-corrected chi connectivity index (χ2v) is 12.8. The highest BCUT2D eigenvalue weighted by molar-refractivity contribution is 7.89. The Morgan fingerprint density at radius 1 is 1.36 bits per heavy atom. The highest BCUT2D eigenvalue weighted by Crippen LogP contribution is 2.50. The summed E-state index contributed by atoms with van der Waals surface area (Å²) in [6.07, 6.45) is 2.31. The molecule has 13 heteroatoms. The molecule has 1 aromatic heterocycles. The van der Waals surface area contributed by atoms with Gasteiger partial charge in [0.1, 0.15) is 28.0 Å². The molecule has 194 valence electrons. The van der Waals surface area contributed by atoms with Crippen molar-refractivity contribution >= 4 is 38.6 Å². The van der Waals surface area contributed by atoms with E-state index in [2.05, 4.69) is 10.3 Å². The van der Waals surface area contributed by atoms with Gasteiger partial charge in [0, 0.05) is 32.7 Å². The maximum Gasteiger partial charge on any atom is 0.274 e. The number of amides is 1. The summed E-state index contributed by atoms with van der Waals surface area (Å²) in [5.41, 5.74) is 7.85. The molecule has 0 radical (unpaired) electrons. The molecule has 1 aliphatic heterocycles. The van der Waals surface area contributed by atoms with Gasteiger partial charge in [0.15, 0.2) is 0 Å². The molecule has 1 spiro atoms. The van der Waals surface area contributed by atoms with Crippen molar-refractivity contribution in [3.8, 4) is 5.75 Å². The lowest BCUT2D eigenvalue weighted by molar-refractivity contribution is 0.102. The Morgan fingerprint density at radius 2 is 2.11 bits per heavy atom. The van der Waals surface area contributed by atoms with Gasteiger partial charge < -0.3 is 15.8 Å². The average molecular weight is 535 g/mol. The second-order valence-electron chi connectivity index (χ2n) is 8.75. The summed E-state index contributed by atoms with van der Waals surface area (Å²) in [5, 5.41) is 2.35. The van der Waals surface area contributed by atoms with Crippen LogP contribution >= 0.6 is 0 Å². The lowest BCUT2D eigenvalue weighted by Gasteiger charge is -2.49. The summed E-state index contributed by atoms with van der Waals surface area (Å²) < 4.78 is 45.7. The topological polar surface area (TPSA) is 147 Å². The second kappa shape index (κ2) is 9.79. The summed E-state index contributed by atoms with van der Waals surface area (Å²) in [4.78, 5) is 21.6. The molecule has 1 unspecified atom stereocenters. The van der Waals surface area contributed by atoms with Crippen molar-refractivity contribution in [1.29, 1.82) is 0 Å². The van der Waals surface area contributed by atoms with Gasteiger partial charge in [-0.1, -0.05) is 6.07 Å². The molecule has 1 amide bonds. The van der Waals surface area contributed by atoms with Crippen LogP contribution in [-0.2, 0) is 33.0 Å². The van der Waals surface area contributed by atoms with Gasteiger partial charge in [-0.15, -0.1) is 0 Å². The van der Waals surface area contributed by atoms with Crippen LogP contribution in [0.25, 0.3) is 0 Å². The molecule has 2 aliphatic rings. The van der Waals surface area contributed by atoms with E-state index in [0.29, 0.717) is 24.3 Å². The predicted octanol–water partition coefficient (Wildman–Crippen LogP) is 1.06. The number of aliphatic imine (C=N–C) groups is 1. The number of sulfonamides is 1. The van der Waals surface area contributed by atoms with E-state index in [-0.39, 0.29) is 29.9 Å². The van der Waals surface area contributed by atoms with Crippen LogP contribution in [-0.4, -0.2) is 76.8 Å². The fraction of sp³-hybridized carbons (Fsp3) is 0.435. The third-order valence-corrected chi connectivity index (χ3v) is 10.4. The first kappa shape index (κ1) is 26.0. The van der Waals surface area contributed by atoms with Crippen molar-refractivity contribution in [2.45, 2.75) is 30.6 Å². The summed E-state index contributed by atoms with van der Waals surface area (Å²) in [7, 11) is -0.252. The minimum absolute atomic E-state index is 0.0116. The molecule has 0 saturated heterocycles. The average Bonchev–Trinajstić information content (AvgIpc) is 2.87. The first-order valence-corrected chi connectivity index (χ1v) is 14.2. The maximum absolute atomic E-state index is 13.4. The smallest absolute Gasteiger partial charge is 0.274 e. The Hall–Kier alpha value is -3.03. The first-order valence-electron chi connectivity index (χ1n) is 11.4. The largest absolute Gasteiger partial charge is 0.495 e. The Kier molecular flexibility index (Phi) is 7.08. The SMILES string of the molecule is CCS(=O)(=O)N(C)CC[C@@H]1S(=O)N(C)C(N)=N[C@@]12Cc1ccc(NC(=O)c3ccc(OC)cn3)cc12. The zero-order chi connectivity index (χ0) is 26.3. The minimum Gasteiger partial charge on any atom is -0.495 e. The zero-order valence-corrected chi connectivity index (χ0v) is 22.2. The van der Waals surface area contributed by atoms with Gasteiger partial charge in [0.05, 0.1) is 24.3 Å². The number of methoxy groups -OCH3 is 1. The van der Waals surface area contributed by atoms with Gasteiger partial charge in [0.2, 0.25) is 16.0 Å². The molecule has 3 atom stereocenters. The van der Waals surface area contributed by atoms with Crippen molar-refractivity contribution < 1.29 is 22.2 Å². The highest BCUT2D eigenvalue weighted by atomic mass is 32.2. The van der Waals surface area contributed by atoms with Gasteiger partial charge in [-0.3, -0.25) is 9.10 Å². The molecular formula is C23H30N6O5S2. The molecule has 2 aromatic rings. The Labute approximate surface area is 213 Å². The van der Waals surface area contributed by atoms with E-state index in [1.54, 1.807) is 32.2 Å². The molecule has 11 nitrogen and oxygen atoms in total. The van der Waals surface area contributed by atoms with E-state index in [9.17, 15) is 17.4 Å². The van der Waals surface area contributed by atoms with Gasteiger partial charge in [-0.25, -0.2) is 26.9 Å². The van der Waals surface area contributed by atoms with Gasteiger partial charge in [0.25, 0.3) is 5.91 Å². The molecular weight excluding hydrogens is 504 g/mol. The van der Waals surface area contributed by atoms with E-state index < -0.39 is 31.8 Å². The molecule has 3 N–H and O–H groups in total. The molecule has 0 bridgehead atoms. The number of nitrogens with two attached hydrogens (primary N) is 1. The summed E-state index contributed by atoms with van der Waals surface area (Å²) >= 11 is 0. The number of ether oxygens (including phenoxy) is 1. The molecule has 0 saturated carbocycles. The van der Waals surface area contributed by atoms with Crippen molar-refractivity contribution in [2.24, 2.45) is 10.7 Å². The number of anilines is 1. The number of carbonyl (C=O) groups excluding carboxylic acids is 1. The number of aromatic nitrogens is 1. The van der Waals surface area contributed by atoms with Crippen LogP contribution in [0.15, 0.2) is 41.5 Å². The summed E-state index contributed by atoms with van der Waals surface area (Å²) in [5.74, 6) is 0.303. The van der Waals surface area contributed by atoms with Crippen LogP contribution in [0.1, 0.15) is 35.0 Å². The van der Waals surface area contributed by atoms with Crippen LogP contribution in [0.3, 0.4) is 0 Å². The minimum atomic E-state index is -3.38. The van der Waals surface area contributed by atoms with E-state index in [0.717, 1.165) is 11.1 Å². The summed E-state index contributed by atoms with van der Waals surface area (Å²) in [6, 6.07) is 8.73. The lowest BCUT2D eigenvalue weighted by atomic mass is 9.68. The number of hydrogen-bond acceptors (Lipinski definition) is 8. The molecule has 36 heavy (non-hydrogen) atoms. The number of nitrogens with zero attached hydrogens (tertiary/aromatic N) is 4. The van der Waals surface area contributed by atoms with Crippen LogP contribution in [0.5, 0.6) is 5.75 Å². The van der Waals surface area contributed by atoms with Gasteiger partial charge in [-0.2, -0.15) is 0 Å². The van der Waals surface area contributed by atoms with E-state index in [1.165, 1.54) is 29.0 Å². The molecule has 2 heterocycles. The van der Waals surface area contributed by atoms with E-state index >= 15 is 0 Å². The maximum atomic E-state index is 13.4. The quantitative estimate of drug-likeness (QED) is 0.515. The van der Waals surface area contributed by atoms with E-state index in [1.807, 2.05) is 12.1 Å². The number of fused-ring (bicyclic) bond motifs is 2. The molecule has 1 aromatic carbocycles. The molecule has 1 aliphatic carbocycles. The number of hydrogen-bond donors (Lipinski definition) is 2. The van der Waals surface area contributed by atoms with Crippen LogP contribution in [0.2, 0.25) is 0 Å². The standard InChI is InChI=1S/C23H30N6O5S2/c1-5-36(32,33)28(2)11-10-20-23(27-22(24)29(3)35(20)31)13-15-6-7-16(12-18(15)23)26-21(30)19-9-8-17(34-4)14-25-19/h6-9,12,14,20H,5,10-11,13H2,1-4H3,(H2,24,27)(H,26,30)/t20-,23+,35?/m0/s1. The van der Waals surface area contributed by atoms with Crippen LogP contribution in [0, 0.1) is 0 Å². The summed E-state index contributed by atoms with van der Waals surface area (Å²) in [6.45, 7) is 1.79.